The summed E-state index contributed by atoms with van der Waals surface area (Å²) in [7, 11) is 1.26. The lowest BCUT2D eigenvalue weighted by molar-refractivity contribution is -0.148. The van der Waals surface area contributed by atoms with Gasteiger partial charge in [0.15, 0.2) is 6.10 Å². The number of carboxylic acids is 1. The summed E-state index contributed by atoms with van der Waals surface area (Å²) in [6.45, 7) is 3.34. The fraction of sp³-hybridized carbons (Fsp3) is 0.375. The number of carbonyl (C=O) groups excluding carboxylic acids is 2. The minimum atomic E-state index is -1.16. The summed E-state index contributed by atoms with van der Waals surface area (Å²) >= 11 is 0. The molecule has 2 amide bonds. The van der Waals surface area contributed by atoms with Crippen molar-refractivity contribution in [3.8, 4) is 11.1 Å². The van der Waals surface area contributed by atoms with Crippen LogP contribution in [-0.2, 0) is 19.1 Å². The van der Waals surface area contributed by atoms with Crippen molar-refractivity contribution >= 4 is 18.0 Å². The Morgan fingerprint density at radius 3 is 2.09 bits per heavy atom. The van der Waals surface area contributed by atoms with E-state index in [0.29, 0.717) is 0 Å². The highest BCUT2D eigenvalue weighted by Gasteiger charge is 2.31. The maximum absolute atomic E-state index is 12.4. The van der Waals surface area contributed by atoms with E-state index in [9.17, 15) is 14.4 Å². The number of alkyl carbamates (subject to hydrolysis) is 1. The molecular weight excluding hydrogens is 412 g/mol. The number of hydrogen-bond acceptors (Lipinski definition) is 5. The zero-order chi connectivity index (χ0) is 23.3. The molecule has 2 aromatic carbocycles. The van der Waals surface area contributed by atoms with Crippen LogP contribution in [-0.4, -0.2) is 56.0 Å². The van der Waals surface area contributed by atoms with E-state index >= 15 is 0 Å². The number of nitrogens with one attached hydrogen (secondary N) is 2. The first-order valence-electron chi connectivity index (χ1n) is 10.4. The molecule has 8 nitrogen and oxygen atoms in total. The standard InChI is InChI=1S/C24H28N2O6/c1-24(2,22(29)25-12-20(31-3)21(27)28)14-26-23(30)32-13-19-17-10-6-4-8-15(17)16-9-5-7-11-18(16)19/h4-11,19-20H,12-14H2,1-3H3,(H,25,29)(H,26,30)(H,27,28). The quantitative estimate of drug-likeness (QED) is 0.553. The minimum absolute atomic E-state index is 0.0280. The Morgan fingerprint density at radius 1 is 1.00 bits per heavy atom. The van der Waals surface area contributed by atoms with Gasteiger partial charge in [-0.15, -0.1) is 0 Å². The summed E-state index contributed by atoms with van der Waals surface area (Å²) in [6, 6.07) is 16.1. The fourth-order valence-corrected chi connectivity index (χ4v) is 3.72. The lowest BCUT2D eigenvalue weighted by Crippen LogP contribution is -2.48. The number of fused-ring (bicyclic) bond motifs is 3. The molecule has 3 rings (SSSR count). The second kappa shape index (κ2) is 9.82. The van der Waals surface area contributed by atoms with Gasteiger partial charge in [0, 0.05) is 19.6 Å². The van der Waals surface area contributed by atoms with Gasteiger partial charge in [0.2, 0.25) is 5.91 Å². The van der Waals surface area contributed by atoms with Gasteiger partial charge in [-0.1, -0.05) is 48.5 Å². The maximum atomic E-state index is 12.4. The minimum Gasteiger partial charge on any atom is -0.479 e. The number of benzene rings is 2. The Kier molecular flexibility index (Phi) is 7.15. The van der Waals surface area contributed by atoms with Crippen LogP contribution >= 0.6 is 0 Å². The second-order valence-corrected chi connectivity index (χ2v) is 8.34. The topological polar surface area (TPSA) is 114 Å². The predicted octanol–water partition coefficient (Wildman–Crippen LogP) is 2.77. The molecule has 0 spiro atoms. The molecule has 1 aliphatic carbocycles. The van der Waals surface area contributed by atoms with E-state index in [4.69, 9.17) is 14.6 Å². The van der Waals surface area contributed by atoms with Crippen molar-refractivity contribution in [1.29, 1.82) is 0 Å². The molecule has 32 heavy (non-hydrogen) atoms. The Hall–Kier alpha value is -3.39. The fourth-order valence-electron chi connectivity index (χ4n) is 3.72. The number of aliphatic carboxylic acids is 1. The van der Waals surface area contributed by atoms with E-state index in [-0.39, 0.29) is 25.6 Å². The molecule has 0 fully saturated rings. The molecule has 0 saturated carbocycles. The average Bonchev–Trinajstić information content (AvgIpc) is 3.10. The third-order valence-corrected chi connectivity index (χ3v) is 5.64. The highest BCUT2D eigenvalue weighted by atomic mass is 16.5. The van der Waals surface area contributed by atoms with Crippen LogP contribution in [0.4, 0.5) is 4.79 Å². The first-order valence-corrected chi connectivity index (χ1v) is 10.4. The zero-order valence-electron chi connectivity index (χ0n) is 18.4. The summed E-state index contributed by atoms with van der Waals surface area (Å²) in [4.78, 5) is 35.7. The highest BCUT2D eigenvalue weighted by molar-refractivity contribution is 5.83. The van der Waals surface area contributed by atoms with E-state index < -0.39 is 29.5 Å². The molecule has 3 N–H and O–H groups in total. The van der Waals surface area contributed by atoms with Gasteiger partial charge in [-0.25, -0.2) is 9.59 Å². The van der Waals surface area contributed by atoms with Crippen molar-refractivity contribution in [1.82, 2.24) is 10.6 Å². The molecule has 0 heterocycles. The van der Waals surface area contributed by atoms with Gasteiger partial charge in [0.1, 0.15) is 6.61 Å². The Bertz CT molecular complexity index is 958. The van der Waals surface area contributed by atoms with E-state index in [1.807, 2.05) is 36.4 Å². The van der Waals surface area contributed by atoms with Crippen LogP contribution in [0.1, 0.15) is 30.9 Å². The van der Waals surface area contributed by atoms with Gasteiger partial charge < -0.3 is 25.2 Å². The molecule has 2 aromatic rings. The summed E-state index contributed by atoms with van der Waals surface area (Å²) in [5.74, 6) is -1.62. The predicted molar refractivity (Wildman–Crippen MR) is 118 cm³/mol. The first-order chi connectivity index (χ1) is 15.2. The van der Waals surface area contributed by atoms with Crippen LogP contribution in [0.25, 0.3) is 11.1 Å². The molecule has 8 heteroatoms. The Morgan fingerprint density at radius 2 is 1.56 bits per heavy atom. The van der Waals surface area contributed by atoms with Crippen LogP contribution in [0.2, 0.25) is 0 Å². The number of ether oxygens (including phenoxy) is 2. The van der Waals surface area contributed by atoms with Crippen molar-refractivity contribution in [3.05, 3.63) is 59.7 Å². The molecule has 0 aliphatic heterocycles. The largest absolute Gasteiger partial charge is 0.479 e. The van der Waals surface area contributed by atoms with Gasteiger partial charge in [-0.05, 0) is 36.1 Å². The SMILES string of the molecule is COC(CNC(=O)C(C)(C)CNC(=O)OCC1c2ccccc2-c2ccccc21)C(=O)O. The molecular formula is C24H28N2O6. The van der Waals surface area contributed by atoms with Gasteiger partial charge >= 0.3 is 12.1 Å². The Labute approximate surface area is 186 Å². The van der Waals surface area contributed by atoms with Gasteiger partial charge in [0.25, 0.3) is 0 Å². The third kappa shape index (κ3) is 5.08. The smallest absolute Gasteiger partial charge is 0.407 e. The van der Waals surface area contributed by atoms with E-state index in [0.717, 1.165) is 22.3 Å². The lowest BCUT2D eigenvalue weighted by atomic mass is 9.92. The van der Waals surface area contributed by atoms with Gasteiger partial charge in [-0.3, -0.25) is 4.79 Å². The van der Waals surface area contributed by atoms with Crippen molar-refractivity contribution in [2.75, 3.05) is 26.8 Å². The van der Waals surface area contributed by atoms with Crippen molar-refractivity contribution < 1.29 is 29.0 Å². The van der Waals surface area contributed by atoms with Crippen LogP contribution in [0.5, 0.6) is 0 Å². The lowest BCUT2D eigenvalue weighted by Gasteiger charge is -2.25. The van der Waals surface area contributed by atoms with E-state index in [2.05, 4.69) is 22.8 Å². The highest BCUT2D eigenvalue weighted by Crippen LogP contribution is 2.44. The molecule has 1 unspecified atom stereocenters. The summed E-state index contributed by atoms with van der Waals surface area (Å²) in [5, 5.41) is 14.2. The van der Waals surface area contributed by atoms with Crippen LogP contribution in [0.15, 0.2) is 48.5 Å². The normalized spacial score (nSPS) is 13.6. The van der Waals surface area contributed by atoms with Crippen LogP contribution < -0.4 is 10.6 Å². The molecule has 1 aliphatic rings. The van der Waals surface area contributed by atoms with Crippen molar-refractivity contribution in [2.24, 2.45) is 5.41 Å². The average molecular weight is 440 g/mol. The van der Waals surface area contributed by atoms with Crippen molar-refractivity contribution in [3.63, 3.8) is 0 Å². The molecule has 0 aromatic heterocycles. The number of methoxy groups -OCH3 is 1. The number of rotatable bonds is 9. The van der Waals surface area contributed by atoms with Crippen LogP contribution in [0.3, 0.4) is 0 Å². The molecule has 0 radical (unpaired) electrons. The van der Waals surface area contributed by atoms with E-state index in [1.54, 1.807) is 13.8 Å². The van der Waals surface area contributed by atoms with Gasteiger partial charge in [0.05, 0.1) is 12.0 Å². The maximum Gasteiger partial charge on any atom is 0.407 e. The van der Waals surface area contributed by atoms with E-state index in [1.165, 1.54) is 7.11 Å². The zero-order valence-corrected chi connectivity index (χ0v) is 18.4. The molecule has 170 valence electrons. The summed E-state index contributed by atoms with van der Waals surface area (Å²) < 4.78 is 10.3. The van der Waals surface area contributed by atoms with Gasteiger partial charge in [-0.2, -0.15) is 0 Å². The van der Waals surface area contributed by atoms with Crippen LogP contribution in [0, 0.1) is 5.41 Å². The summed E-state index contributed by atoms with van der Waals surface area (Å²) in [5.41, 5.74) is 3.55. The molecule has 1 atom stereocenters. The number of amides is 2. The second-order valence-electron chi connectivity index (χ2n) is 8.34. The number of carbonyl (C=O) groups is 3. The van der Waals surface area contributed by atoms with Crippen molar-refractivity contribution in [2.45, 2.75) is 25.9 Å². The third-order valence-electron chi connectivity index (χ3n) is 5.64. The number of carboxylic acid groups (broad SMARTS) is 1. The number of hydrogen-bond donors (Lipinski definition) is 3. The summed E-state index contributed by atoms with van der Waals surface area (Å²) in [6.07, 6.45) is -1.75. The first kappa shape index (κ1) is 23.3. The molecule has 0 bridgehead atoms. The molecule has 0 saturated heterocycles. The Balaban J connectivity index is 1.53. The monoisotopic (exact) mass is 440 g/mol.